The molecule has 0 spiro atoms. The van der Waals surface area contributed by atoms with Crippen molar-refractivity contribution in [3.63, 3.8) is 0 Å². The maximum absolute atomic E-state index is 10.9. The Bertz CT molecular complexity index is 621. The maximum Gasteiger partial charge on any atom is 0.143 e. The monoisotopic (exact) mass is 284 g/mol. The highest BCUT2D eigenvalue weighted by molar-refractivity contribution is 5.84. The molecule has 0 atom stereocenters. The molecule has 2 aliphatic rings. The molecule has 2 nitrogen and oxygen atoms in total. The van der Waals surface area contributed by atoms with E-state index in [2.05, 4.69) is 39.8 Å². The third kappa shape index (κ3) is 2.31. The molecule has 0 amide bonds. The van der Waals surface area contributed by atoms with Crippen LogP contribution in [-0.4, -0.2) is 12.9 Å². The highest BCUT2D eigenvalue weighted by atomic mass is 16.5. The van der Waals surface area contributed by atoms with Gasteiger partial charge in [0.05, 0.1) is 6.61 Å². The summed E-state index contributed by atoms with van der Waals surface area (Å²) >= 11 is 0. The number of carbonyl (C=O) groups is 1. The number of carbonyl (C=O) groups excluding carboxylic acids is 1. The van der Waals surface area contributed by atoms with Crippen LogP contribution in [0, 0.1) is 0 Å². The van der Waals surface area contributed by atoms with Gasteiger partial charge in [-0.15, -0.1) is 0 Å². The number of ether oxygens (including phenoxy) is 1. The predicted octanol–water partition coefficient (Wildman–Crippen LogP) is 4.40. The van der Waals surface area contributed by atoms with Crippen molar-refractivity contribution in [1.29, 1.82) is 0 Å². The van der Waals surface area contributed by atoms with Gasteiger partial charge in [-0.1, -0.05) is 27.7 Å². The van der Waals surface area contributed by atoms with Crippen molar-refractivity contribution in [3.8, 4) is 5.75 Å². The highest BCUT2D eigenvalue weighted by Gasteiger charge is 2.38. The lowest BCUT2D eigenvalue weighted by Gasteiger charge is -2.42. The maximum atomic E-state index is 10.9. The Labute approximate surface area is 127 Å². The van der Waals surface area contributed by atoms with E-state index in [0.717, 1.165) is 29.6 Å². The molecule has 0 saturated heterocycles. The van der Waals surface area contributed by atoms with Gasteiger partial charge in [-0.2, -0.15) is 0 Å². The first kappa shape index (κ1) is 14.4. The van der Waals surface area contributed by atoms with E-state index in [1.165, 1.54) is 24.0 Å². The predicted molar refractivity (Wildman–Crippen MR) is 85.9 cm³/mol. The molecule has 1 aliphatic carbocycles. The second-order valence-corrected chi connectivity index (χ2v) is 7.59. The standard InChI is InChI=1S/C19H24O2/c1-18(2)7-8-19(3,4)16-12-17-14(11-15(16)18)13(5-9-20)6-10-21-17/h5,9,11-12H,6-8,10H2,1-4H3. The molecule has 0 N–H and O–H groups in total. The van der Waals surface area contributed by atoms with E-state index in [1.54, 1.807) is 6.08 Å². The Morgan fingerprint density at radius 1 is 1.05 bits per heavy atom. The van der Waals surface area contributed by atoms with E-state index >= 15 is 0 Å². The lowest BCUT2D eigenvalue weighted by molar-refractivity contribution is -0.104. The van der Waals surface area contributed by atoms with Crippen LogP contribution in [0.3, 0.4) is 0 Å². The molecule has 0 bridgehead atoms. The zero-order valence-electron chi connectivity index (χ0n) is 13.5. The van der Waals surface area contributed by atoms with Crippen molar-refractivity contribution in [2.24, 2.45) is 0 Å². The fourth-order valence-corrected chi connectivity index (χ4v) is 3.63. The fourth-order valence-electron chi connectivity index (χ4n) is 3.63. The molecule has 2 heteroatoms. The lowest BCUT2D eigenvalue weighted by Crippen LogP contribution is -2.34. The van der Waals surface area contributed by atoms with E-state index in [4.69, 9.17) is 4.74 Å². The first-order valence-corrected chi connectivity index (χ1v) is 7.82. The normalized spacial score (nSPS) is 23.9. The van der Waals surface area contributed by atoms with E-state index < -0.39 is 0 Å². The molecular weight excluding hydrogens is 260 g/mol. The van der Waals surface area contributed by atoms with E-state index in [-0.39, 0.29) is 10.8 Å². The van der Waals surface area contributed by atoms with Gasteiger partial charge in [0.25, 0.3) is 0 Å². The van der Waals surface area contributed by atoms with Gasteiger partial charge < -0.3 is 4.74 Å². The van der Waals surface area contributed by atoms with Crippen LogP contribution in [-0.2, 0) is 15.6 Å². The third-order valence-corrected chi connectivity index (χ3v) is 5.20. The number of benzene rings is 1. The van der Waals surface area contributed by atoms with Crippen LogP contribution in [0.4, 0.5) is 0 Å². The van der Waals surface area contributed by atoms with Crippen molar-refractivity contribution >= 4 is 11.9 Å². The zero-order chi connectivity index (χ0) is 15.3. The van der Waals surface area contributed by atoms with Crippen molar-refractivity contribution in [2.45, 2.75) is 57.8 Å². The minimum Gasteiger partial charge on any atom is -0.493 e. The largest absolute Gasteiger partial charge is 0.493 e. The first-order chi connectivity index (χ1) is 9.85. The van der Waals surface area contributed by atoms with Crippen molar-refractivity contribution < 1.29 is 9.53 Å². The molecule has 112 valence electrons. The highest BCUT2D eigenvalue weighted by Crippen LogP contribution is 2.49. The van der Waals surface area contributed by atoms with Gasteiger partial charge in [0.15, 0.2) is 0 Å². The van der Waals surface area contributed by atoms with Crippen LogP contribution in [0.5, 0.6) is 5.75 Å². The molecule has 0 unspecified atom stereocenters. The van der Waals surface area contributed by atoms with E-state index in [1.807, 2.05) is 0 Å². The Balaban J connectivity index is 2.24. The van der Waals surface area contributed by atoms with Gasteiger partial charge in [-0.05, 0) is 58.6 Å². The molecule has 0 radical (unpaired) electrons. The Morgan fingerprint density at radius 3 is 2.29 bits per heavy atom. The smallest absolute Gasteiger partial charge is 0.143 e. The Hall–Kier alpha value is -1.57. The van der Waals surface area contributed by atoms with E-state index in [9.17, 15) is 4.79 Å². The quantitative estimate of drug-likeness (QED) is 0.564. The van der Waals surface area contributed by atoms with Crippen LogP contribution in [0.25, 0.3) is 5.57 Å². The molecular formula is C19H24O2. The van der Waals surface area contributed by atoms with Gasteiger partial charge >= 0.3 is 0 Å². The van der Waals surface area contributed by atoms with Gasteiger partial charge in [-0.25, -0.2) is 0 Å². The topological polar surface area (TPSA) is 26.3 Å². The van der Waals surface area contributed by atoms with E-state index in [0.29, 0.717) is 6.61 Å². The van der Waals surface area contributed by atoms with Crippen molar-refractivity contribution in [3.05, 3.63) is 34.9 Å². The average molecular weight is 284 g/mol. The molecule has 0 saturated carbocycles. The minimum atomic E-state index is 0.184. The number of allylic oxidation sites excluding steroid dienone is 1. The van der Waals surface area contributed by atoms with Crippen molar-refractivity contribution in [2.75, 3.05) is 6.61 Å². The second-order valence-electron chi connectivity index (χ2n) is 7.59. The summed E-state index contributed by atoms with van der Waals surface area (Å²) in [6, 6.07) is 4.50. The Morgan fingerprint density at radius 2 is 1.67 bits per heavy atom. The minimum absolute atomic E-state index is 0.184. The number of aldehydes is 1. The van der Waals surface area contributed by atoms with Gasteiger partial charge in [0.2, 0.25) is 0 Å². The summed E-state index contributed by atoms with van der Waals surface area (Å²) < 4.78 is 5.87. The van der Waals surface area contributed by atoms with Crippen LogP contribution >= 0.6 is 0 Å². The summed E-state index contributed by atoms with van der Waals surface area (Å²) in [7, 11) is 0. The second kappa shape index (κ2) is 4.72. The summed E-state index contributed by atoms with van der Waals surface area (Å²) in [5.74, 6) is 0.943. The summed E-state index contributed by atoms with van der Waals surface area (Å²) in [6.45, 7) is 9.94. The summed E-state index contributed by atoms with van der Waals surface area (Å²) in [6.07, 6.45) is 5.78. The molecule has 3 rings (SSSR count). The van der Waals surface area contributed by atoms with Crippen molar-refractivity contribution in [1.82, 2.24) is 0 Å². The summed E-state index contributed by atoms with van der Waals surface area (Å²) in [5.41, 5.74) is 5.41. The average Bonchev–Trinajstić information content (AvgIpc) is 2.44. The molecule has 0 fully saturated rings. The number of fused-ring (bicyclic) bond motifs is 2. The molecule has 1 aromatic carbocycles. The zero-order valence-corrected chi connectivity index (χ0v) is 13.5. The van der Waals surface area contributed by atoms with Gasteiger partial charge in [0, 0.05) is 12.0 Å². The molecule has 1 aromatic rings. The Kier molecular flexibility index (Phi) is 3.23. The van der Waals surface area contributed by atoms with Crippen LogP contribution in [0.1, 0.15) is 63.6 Å². The lowest BCUT2D eigenvalue weighted by atomic mass is 9.62. The SMILES string of the molecule is CC1(C)CCC(C)(C)c2cc3c(cc21)OCCC3=CC=O. The van der Waals surface area contributed by atoms with Crippen LogP contribution in [0.15, 0.2) is 18.2 Å². The summed E-state index contributed by atoms with van der Waals surface area (Å²) in [4.78, 5) is 10.9. The first-order valence-electron chi connectivity index (χ1n) is 7.82. The molecule has 1 heterocycles. The number of hydrogen-bond acceptors (Lipinski definition) is 2. The third-order valence-electron chi connectivity index (χ3n) is 5.20. The number of rotatable bonds is 1. The number of hydrogen-bond donors (Lipinski definition) is 0. The summed E-state index contributed by atoms with van der Waals surface area (Å²) in [5, 5.41) is 0. The molecule has 21 heavy (non-hydrogen) atoms. The molecule has 1 aliphatic heterocycles. The van der Waals surface area contributed by atoms with Crippen LogP contribution in [0.2, 0.25) is 0 Å². The van der Waals surface area contributed by atoms with Gasteiger partial charge in [-0.3, -0.25) is 4.79 Å². The molecule has 0 aromatic heterocycles. The fraction of sp³-hybridized carbons (Fsp3) is 0.526. The van der Waals surface area contributed by atoms with Crippen LogP contribution < -0.4 is 4.74 Å². The van der Waals surface area contributed by atoms with Gasteiger partial charge in [0.1, 0.15) is 12.0 Å².